The third kappa shape index (κ3) is 7.93. The number of hydrogen-bond donors (Lipinski definition) is 2. The van der Waals surface area contributed by atoms with E-state index >= 15 is 0 Å². The molecule has 0 fully saturated rings. The minimum atomic E-state index is -3.22. The average molecular weight is 575 g/mol. The molecule has 0 amide bonds. The van der Waals surface area contributed by atoms with E-state index in [9.17, 15) is 8.42 Å². The molecule has 2 aromatic carbocycles. The molecule has 0 heterocycles. The number of guanidine groups is 1. The van der Waals surface area contributed by atoms with Crippen LogP contribution in [0.15, 0.2) is 52.4 Å². The van der Waals surface area contributed by atoms with Crippen LogP contribution in [0.3, 0.4) is 0 Å². The fourth-order valence-corrected chi connectivity index (χ4v) is 4.40. The molecular weight excluding hydrogens is 539 g/mol. The Morgan fingerprint density at radius 1 is 1.16 bits per heavy atom. The van der Waals surface area contributed by atoms with E-state index in [1.165, 1.54) is 6.26 Å². The lowest BCUT2D eigenvalue weighted by Crippen LogP contribution is -2.41. The zero-order valence-electron chi connectivity index (χ0n) is 19.7. The van der Waals surface area contributed by atoms with Crippen molar-refractivity contribution in [2.45, 2.75) is 31.3 Å². The van der Waals surface area contributed by atoms with Crippen LogP contribution >= 0.6 is 24.0 Å². The summed E-state index contributed by atoms with van der Waals surface area (Å²) in [6.07, 6.45) is 1.23. The van der Waals surface area contributed by atoms with Crippen LogP contribution < -0.4 is 15.4 Å². The molecule has 2 N–H and O–H groups in total. The number of hydrogen-bond acceptors (Lipinski definition) is 5. The number of methoxy groups -OCH3 is 1. The van der Waals surface area contributed by atoms with E-state index in [0.29, 0.717) is 23.9 Å². The van der Waals surface area contributed by atoms with Gasteiger partial charge in [-0.05, 0) is 51.2 Å². The lowest BCUT2D eigenvalue weighted by atomic mass is 10.0. The standard InChI is InChI=1S/C23H34N4O3S.HI/c1-7-24-23(25-15-18-12-13-22(17(2)14-18)31(6,28)29)26-16-20(27(3)4)19-10-8-9-11-21(19)30-5;/h8-14,20H,7,15-16H2,1-6H3,(H2,24,25,26);1H. The maximum atomic E-state index is 11.8. The number of nitrogens with zero attached hydrogens (tertiary/aromatic N) is 2. The second-order valence-corrected chi connectivity index (χ2v) is 9.65. The highest BCUT2D eigenvalue weighted by atomic mass is 127. The van der Waals surface area contributed by atoms with Crippen LogP contribution in [0.2, 0.25) is 0 Å². The molecule has 7 nitrogen and oxygen atoms in total. The molecule has 2 rings (SSSR count). The van der Waals surface area contributed by atoms with Gasteiger partial charge in [-0.2, -0.15) is 0 Å². The van der Waals surface area contributed by atoms with Gasteiger partial charge in [-0.1, -0.05) is 30.3 Å². The summed E-state index contributed by atoms with van der Waals surface area (Å²) < 4.78 is 29.2. The number of ether oxygens (including phenoxy) is 1. The highest BCUT2D eigenvalue weighted by molar-refractivity contribution is 14.0. The first-order valence-electron chi connectivity index (χ1n) is 10.3. The van der Waals surface area contributed by atoms with Crippen LogP contribution in [0.1, 0.15) is 29.7 Å². The Morgan fingerprint density at radius 2 is 1.84 bits per heavy atom. The van der Waals surface area contributed by atoms with E-state index in [1.54, 1.807) is 13.2 Å². The van der Waals surface area contributed by atoms with Crippen molar-refractivity contribution < 1.29 is 13.2 Å². The van der Waals surface area contributed by atoms with Gasteiger partial charge in [-0.25, -0.2) is 13.4 Å². The fraction of sp³-hybridized carbons (Fsp3) is 0.435. The number of nitrogens with one attached hydrogen (secondary N) is 2. The van der Waals surface area contributed by atoms with Crippen LogP contribution in [-0.4, -0.2) is 59.8 Å². The Kier molecular flexibility index (Phi) is 11.5. The van der Waals surface area contributed by atoms with Crippen molar-refractivity contribution in [3.05, 3.63) is 59.2 Å². The lowest BCUT2D eigenvalue weighted by molar-refractivity contribution is 0.287. The maximum Gasteiger partial charge on any atom is 0.191 e. The second-order valence-electron chi connectivity index (χ2n) is 7.67. The number of aliphatic imine (C=N–C) groups is 1. The lowest BCUT2D eigenvalue weighted by Gasteiger charge is -2.27. The molecule has 0 bridgehead atoms. The van der Waals surface area contributed by atoms with Crippen LogP contribution in [-0.2, 0) is 16.4 Å². The highest BCUT2D eigenvalue weighted by Gasteiger charge is 2.18. The number of halogens is 1. The molecule has 32 heavy (non-hydrogen) atoms. The average Bonchev–Trinajstić information content (AvgIpc) is 2.71. The quantitative estimate of drug-likeness (QED) is 0.272. The Balaban J connectivity index is 0.00000512. The molecule has 0 aliphatic rings. The molecule has 0 spiro atoms. The number of sulfone groups is 1. The maximum absolute atomic E-state index is 11.8. The van der Waals surface area contributed by atoms with Crippen LogP contribution in [0, 0.1) is 6.92 Å². The topological polar surface area (TPSA) is 83.0 Å². The van der Waals surface area contributed by atoms with Crippen LogP contribution in [0.5, 0.6) is 5.75 Å². The van der Waals surface area contributed by atoms with Crippen molar-refractivity contribution in [1.29, 1.82) is 0 Å². The van der Waals surface area contributed by atoms with Gasteiger partial charge in [0.05, 0.1) is 24.6 Å². The Hall–Kier alpha value is -1.85. The van der Waals surface area contributed by atoms with Crippen molar-refractivity contribution in [1.82, 2.24) is 15.5 Å². The van der Waals surface area contributed by atoms with Gasteiger partial charge in [0, 0.05) is 24.9 Å². The van der Waals surface area contributed by atoms with E-state index in [2.05, 4.69) is 26.6 Å². The Labute approximate surface area is 209 Å². The number of benzene rings is 2. The van der Waals surface area contributed by atoms with Gasteiger partial charge in [0.2, 0.25) is 0 Å². The zero-order valence-corrected chi connectivity index (χ0v) is 22.8. The SMILES string of the molecule is CCNC(=NCc1ccc(S(C)(=O)=O)c(C)c1)NCC(c1ccccc1OC)N(C)C.I. The predicted molar refractivity (Wildman–Crippen MR) is 142 cm³/mol. The zero-order chi connectivity index (χ0) is 23.0. The van der Waals surface area contributed by atoms with Crippen molar-refractivity contribution >= 4 is 39.8 Å². The number of rotatable bonds is 9. The van der Waals surface area contributed by atoms with Gasteiger partial charge in [0.1, 0.15) is 5.75 Å². The molecule has 0 aromatic heterocycles. The summed E-state index contributed by atoms with van der Waals surface area (Å²) in [6.45, 7) is 5.65. The summed E-state index contributed by atoms with van der Waals surface area (Å²) in [7, 11) is 2.53. The van der Waals surface area contributed by atoms with Gasteiger partial charge >= 0.3 is 0 Å². The number of likely N-dealkylation sites (N-methyl/N-ethyl adjacent to an activating group) is 1. The Bertz CT molecular complexity index is 1010. The molecule has 178 valence electrons. The largest absolute Gasteiger partial charge is 0.496 e. The van der Waals surface area contributed by atoms with Gasteiger partial charge in [0.25, 0.3) is 0 Å². The third-order valence-electron chi connectivity index (χ3n) is 4.99. The van der Waals surface area contributed by atoms with E-state index < -0.39 is 9.84 Å². The summed E-state index contributed by atoms with van der Waals surface area (Å²) >= 11 is 0. The van der Waals surface area contributed by atoms with Gasteiger partial charge in [0.15, 0.2) is 15.8 Å². The van der Waals surface area contributed by atoms with Gasteiger partial charge in [-0.15, -0.1) is 24.0 Å². The summed E-state index contributed by atoms with van der Waals surface area (Å²) in [5.74, 6) is 1.56. The molecule has 1 atom stereocenters. The van der Waals surface area contributed by atoms with Crippen LogP contribution in [0.4, 0.5) is 0 Å². The minimum absolute atomic E-state index is 0. The van der Waals surface area contributed by atoms with E-state index in [-0.39, 0.29) is 30.0 Å². The molecule has 9 heteroatoms. The molecule has 0 saturated heterocycles. The van der Waals surface area contributed by atoms with E-state index in [0.717, 1.165) is 29.0 Å². The molecule has 0 saturated carbocycles. The van der Waals surface area contributed by atoms with Crippen LogP contribution in [0.25, 0.3) is 0 Å². The third-order valence-corrected chi connectivity index (χ3v) is 6.24. The Morgan fingerprint density at radius 3 is 2.41 bits per heavy atom. The van der Waals surface area contributed by atoms with Crippen molar-refractivity contribution in [2.24, 2.45) is 4.99 Å². The normalized spacial score (nSPS) is 12.8. The van der Waals surface area contributed by atoms with E-state index in [4.69, 9.17) is 4.74 Å². The first-order chi connectivity index (χ1) is 14.7. The number of para-hydroxylation sites is 1. The highest BCUT2D eigenvalue weighted by Crippen LogP contribution is 2.27. The fourth-order valence-electron chi connectivity index (χ4n) is 3.44. The molecule has 0 aliphatic heterocycles. The summed E-state index contributed by atoms with van der Waals surface area (Å²) in [6, 6.07) is 13.4. The summed E-state index contributed by atoms with van der Waals surface area (Å²) in [4.78, 5) is 7.18. The first-order valence-corrected chi connectivity index (χ1v) is 12.2. The van der Waals surface area contributed by atoms with E-state index in [1.807, 2.05) is 58.3 Å². The summed E-state index contributed by atoms with van der Waals surface area (Å²) in [5, 5.41) is 6.69. The first kappa shape index (κ1) is 28.2. The molecule has 2 aromatic rings. The molecule has 1 unspecified atom stereocenters. The smallest absolute Gasteiger partial charge is 0.191 e. The summed E-state index contributed by atoms with van der Waals surface area (Å²) in [5.41, 5.74) is 2.79. The molecule has 0 aliphatic carbocycles. The number of aryl methyl sites for hydroxylation is 1. The monoisotopic (exact) mass is 574 g/mol. The van der Waals surface area contributed by atoms with Crippen molar-refractivity contribution in [2.75, 3.05) is 40.6 Å². The molecule has 0 radical (unpaired) electrons. The second kappa shape index (κ2) is 13.0. The minimum Gasteiger partial charge on any atom is -0.496 e. The molecular formula is C23H35IN4O3S. The van der Waals surface area contributed by atoms with Gasteiger partial charge in [-0.3, -0.25) is 0 Å². The van der Waals surface area contributed by atoms with Crippen molar-refractivity contribution in [3.63, 3.8) is 0 Å². The van der Waals surface area contributed by atoms with Gasteiger partial charge < -0.3 is 20.3 Å². The van der Waals surface area contributed by atoms with Crippen molar-refractivity contribution in [3.8, 4) is 5.75 Å². The predicted octanol–water partition coefficient (Wildman–Crippen LogP) is 3.38.